The van der Waals surface area contributed by atoms with E-state index in [2.05, 4.69) is 34.3 Å². The Balaban J connectivity index is 1.36. The molecule has 0 bridgehead atoms. The van der Waals surface area contributed by atoms with Gasteiger partial charge in [-0.15, -0.1) is 11.3 Å². The molecule has 0 fully saturated rings. The lowest BCUT2D eigenvalue weighted by atomic mass is 9.89. The van der Waals surface area contributed by atoms with Crippen molar-refractivity contribution in [3.05, 3.63) is 59.2 Å². The van der Waals surface area contributed by atoms with E-state index in [1.54, 1.807) is 17.7 Å². The molecule has 2 aromatic carbocycles. The molecule has 1 atom stereocenters. The van der Waals surface area contributed by atoms with Gasteiger partial charge < -0.3 is 5.32 Å². The summed E-state index contributed by atoms with van der Waals surface area (Å²) in [7, 11) is 0. The predicted octanol–water partition coefficient (Wildman–Crippen LogP) is 5.70. The molecule has 5 rings (SSSR count). The molecule has 0 saturated carbocycles. The fraction of sp³-hybridized carbons (Fsp3) is 0.261. The van der Waals surface area contributed by atoms with Gasteiger partial charge in [0.2, 0.25) is 5.91 Å². The molecule has 0 aliphatic heterocycles. The summed E-state index contributed by atoms with van der Waals surface area (Å²) in [5, 5.41) is 7.33. The molecular weight excluding hydrogens is 398 g/mol. The Morgan fingerprint density at radius 2 is 2.07 bits per heavy atom. The highest BCUT2D eigenvalue weighted by Crippen LogP contribution is 2.40. The van der Waals surface area contributed by atoms with Gasteiger partial charge in [0.15, 0.2) is 0 Å². The van der Waals surface area contributed by atoms with Gasteiger partial charge in [-0.25, -0.2) is 9.97 Å². The third kappa shape index (κ3) is 3.63. The summed E-state index contributed by atoms with van der Waals surface area (Å²) < 4.78 is 0. The van der Waals surface area contributed by atoms with Gasteiger partial charge in [-0.1, -0.05) is 55.1 Å². The van der Waals surface area contributed by atoms with E-state index in [-0.39, 0.29) is 5.91 Å². The second-order valence-corrected chi connectivity index (χ2v) is 9.62. The van der Waals surface area contributed by atoms with E-state index in [1.807, 2.05) is 30.3 Å². The molecule has 4 nitrogen and oxygen atoms in total. The third-order valence-electron chi connectivity index (χ3n) is 5.46. The number of fused-ring (bicyclic) bond motifs is 4. The van der Waals surface area contributed by atoms with Crippen LogP contribution in [-0.2, 0) is 17.6 Å². The molecule has 2 aromatic heterocycles. The zero-order chi connectivity index (χ0) is 19.8. The number of rotatable bonds is 4. The minimum absolute atomic E-state index is 0.0177. The number of aryl methyl sites for hydroxylation is 1. The van der Waals surface area contributed by atoms with Crippen LogP contribution in [-0.4, -0.2) is 21.6 Å². The number of anilines is 1. The first kappa shape index (κ1) is 18.6. The molecule has 1 amide bonds. The Kier molecular flexibility index (Phi) is 4.97. The maximum atomic E-state index is 12.7. The number of aromatic nitrogens is 2. The van der Waals surface area contributed by atoms with Crippen LogP contribution in [0.2, 0.25) is 0 Å². The van der Waals surface area contributed by atoms with Crippen LogP contribution in [0.3, 0.4) is 0 Å². The number of amides is 1. The molecule has 0 spiro atoms. The lowest BCUT2D eigenvalue weighted by Gasteiger charge is -2.18. The Hall–Kier alpha value is -2.44. The number of carbonyl (C=O) groups is 1. The van der Waals surface area contributed by atoms with Gasteiger partial charge in [0.1, 0.15) is 16.2 Å². The van der Waals surface area contributed by atoms with Crippen LogP contribution in [0.1, 0.15) is 23.8 Å². The summed E-state index contributed by atoms with van der Waals surface area (Å²) in [5.74, 6) is 1.04. The maximum absolute atomic E-state index is 12.7. The molecular formula is C23H21N3OS2. The average molecular weight is 420 g/mol. The van der Waals surface area contributed by atoms with E-state index in [0.29, 0.717) is 5.75 Å². The summed E-state index contributed by atoms with van der Waals surface area (Å²) >= 11 is 3.30. The second-order valence-electron chi connectivity index (χ2n) is 7.57. The van der Waals surface area contributed by atoms with Crippen molar-refractivity contribution in [2.45, 2.75) is 31.2 Å². The number of carbonyl (C=O) groups excluding carboxylic acids is 1. The Labute approximate surface area is 177 Å². The highest BCUT2D eigenvalue weighted by atomic mass is 32.2. The van der Waals surface area contributed by atoms with Crippen molar-refractivity contribution >= 4 is 55.7 Å². The van der Waals surface area contributed by atoms with Crippen LogP contribution < -0.4 is 5.32 Å². The zero-order valence-electron chi connectivity index (χ0n) is 16.1. The van der Waals surface area contributed by atoms with E-state index in [0.717, 1.165) is 45.1 Å². The van der Waals surface area contributed by atoms with Gasteiger partial charge in [-0.2, -0.15) is 0 Å². The predicted molar refractivity (Wildman–Crippen MR) is 122 cm³/mol. The first-order valence-corrected chi connectivity index (χ1v) is 11.6. The van der Waals surface area contributed by atoms with Crippen molar-refractivity contribution in [2.24, 2.45) is 5.92 Å². The smallest absolute Gasteiger partial charge is 0.234 e. The lowest BCUT2D eigenvalue weighted by molar-refractivity contribution is -0.113. The molecule has 1 unspecified atom stereocenters. The quantitative estimate of drug-likeness (QED) is 0.340. The first-order valence-electron chi connectivity index (χ1n) is 9.84. The zero-order valence-corrected chi connectivity index (χ0v) is 17.8. The van der Waals surface area contributed by atoms with Gasteiger partial charge in [0.05, 0.1) is 5.75 Å². The molecule has 146 valence electrons. The minimum atomic E-state index is -0.0177. The van der Waals surface area contributed by atoms with Crippen molar-refractivity contribution in [1.29, 1.82) is 0 Å². The Morgan fingerprint density at radius 1 is 1.21 bits per heavy atom. The largest absolute Gasteiger partial charge is 0.325 e. The summed E-state index contributed by atoms with van der Waals surface area (Å²) in [4.78, 5) is 24.2. The summed E-state index contributed by atoms with van der Waals surface area (Å²) in [6, 6.07) is 14.1. The Morgan fingerprint density at radius 3 is 3.00 bits per heavy atom. The van der Waals surface area contributed by atoms with E-state index >= 15 is 0 Å². The normalized spacial score (nSPS) is 16.1. The average Bonchev–Trinajstić information content (AvgIpc) is 3.10. The van der Waals surface area contributed by atoms with Crippen LogP contribution >= 0.6 is 23.1 Å². The highest BCUT2D eigenvalue weighted by Gasteiger charge is 2.23. The van der Waals surface area contributed by atoms with Crippen molar-refractivity contribution in [2.75, 3.05) is 11.1 Å². The molecule has 29 heavy (non-hydrogen) atoms. The van der Waals surface area contributed by atoms with Crippen molar-refractivity contribution in [3.63, 3.8) is 0 Å². The maximum Gasteiger partial charge on any atom is 0.234 e. The molecule has 1 aliphatic carbocycles. The van der Waals surface area contributed by atoms with Gasteiger partial charge in [0, 0.05) is 21.3 Å². The summed E-state index contributed by atoms with van der Waals surface area (Å²) in [6.45, 7) is 2.31. The highest BCUT2D eigenvalue weighted by molar-refractivity contribution is 8.00. The number of benzene rings is 2. The van der Waals surface area contributed by atoms with E-state index in [9.17, 15) is 4.79 Å². The Bertz CT molecular complexity index is 1210. The molecule has 0 radical (unpaired) electrons. The molecule has 2 heterocycles. The van der Waals surface area contributed by atoms with E-state index in [1.165, 1.54) is 34.0 Å². The van der Waals surface area contributed by atoms with Crippen LogP contribution in [0.25, 0.3) is 21.0 Å². The van der Waals surface area contributed by atoms with E-state index in [4.69, 9.17) is 0 Å². The first-order chi connectivity index (χ1) is 14.2. The molecule has 6 heteroatoms. The lowest BCUT2D eigenvalue weighted by Crippen LogP contribution is -2.14. The summed E-state index contributed by atoms with van der Waals surface area (Å²) in [6.07, 6.45) is 5.04. The van der Waals surface area contributed by atoms with Gasteiger partial charge >= 0.3 is 0 Å². The van der Waals surface area contributed by atoms with Crippen molar-refractivity contribution in [1.82, 2.24) is 9.97 Å². The van der Waals surface area contributed by atoms with Crippen LogP contribution in [0.15, 0.2) is 53.8 Å². The number of hydrogen-bond acceptors (Lipinski definition) is 5. The van der Waals surface area contributed by atoms with E-state index < -0.39 is 0 Å². The fourth-order valence-corrected chi connectivity index (χ4v) is 6.25. The fourth-order valence-electron chi connectivity index (χ4n) is 4.01. The number of thioether (sulfide) groups is 1. The van der Waals surface area contributed by atoms with Crippen LogP contribution in [0, 0.1) is 5.92 Å². The summed E-state index contributed by atoms with van der Waals surface area (Å²) in [5.41, 5.74) is 2.25. The second kappa shape index (κ2) is 7.76. The van der Waals surface area contributed by atoms with Crippen molar-refractivity contribution in [3.8, 4) is 0 Å². The number of nitrogens with one attached hydrogen (secondary N) is 1. The SMILES string of the molecule is CC1CCc2c(sc3ncnc(SCC(=O)Nc4cccc5ccccc45)c23)C1. The van der Waals surface area contributed by atoms with Gasteiger partial charge in [-0.05, 0) is 42.2 Å². The van der Waals surface area contributed by atoms with Gasteiger partial charge in [-0.3, -0.25) is 4.79 Å². The third-order valence-corrected chi connectivity index (χ3v) is 7.61. The number of nitrogens with zero attached hydrogens (tertiary/aromatic N) is 2. The minimum Gasteiger partial charge on any atom is -0.325 e. The van der Waals surface area contributed by atoms with Crippen LogP contribution in [0.4, 0.5) is 5.69 Å². The topological polar surface area (TPSA) is 54.9 Å². The molecule has 0 saturated heterocycles. The number of hydrogen-bond donors (Lipinski definition) is 1. The molecule has 4 aromatic rings. The van der Waals surface area contributed by atoms with Crippen molar-refractivity contribution < 1.29 is 4.79 Å². The molecule has 1 N–H and O–H groups in total. The van der Waals surface area contributed by atoms with Gasteiger partial charge in [0.25, 0.3) is 0 Å². The monoisotopic (exact) mass is 419 g/mol. The van der Waals surface area contributed by atoms with Crippen LogP contribution in [0.5, 0.6) is 0 Å². The molecule has 1 aliphatic rings. The number of thiophene rings is 1. The standard InChI is InChI=1S/C23H21N3OS2/c1-14-9-10-17-19(11-14)29-23-21(17)22(24-13-25-23)28-12-20(27)26-18-8-4-6-15-5-2-3-7-16(15)18/h2-8,13-14H,9-12H2,1H3,(H,26,27).